The number of carboxylic acids is 1. The zero-order valence-corrected chi connectivity index (χ0v) is 11.2. The van der Waals surface area contributed by atoms with Gasteiger partial charge in [-0.15, -0.1) is 0 Å². The number of nitrogens with one attached hydrogen (secondary N) is 1. The minimum atomic E-state index is -0.894. The van der Waals surface area contributed by atoms with Gasteiger partial charge in [-0.3, -0.25) is 0 Å². The number of aryl methyl sites for hydroxylation is 1. The lowest BCUT2D eigenvalue weighted by atomic mass is 9.87. The molecule has 94 valence electrons. The van der Waals surface area contributed by atoms with Crippen molar-refractivity contribution in [2.45, 2.75) is 46.1 Å². The van der Waals surface area contributed by atoms with Crippen LogP contribution in [0.1, 0.15) is 49.2 Å². The van der Waals surface area contributed by atoms with Crippen LogP contribution in [0.3, 0.4) is 0 Å². The number of anilines is 1. The number of carbonyl (C=O) groups is 1. The molecule has 2 N–H and O–H groups in total. The summed E-state index contributed by atoms with van der Waals surface area (Å²) in [7, 11) is 0. The topological polar surface area (TPSA) is 62.2 Å². The summed E-state index contributed by atoms with van der Waals surface area (Å²) in [5.74, 6) is -0.894. The van der Waals surface area contributed by atoms with Crippen molar-refractivity contribution in [2.75, 3.05) is 5.32 Å². The van der Waals surface area contributed by atoms with Gasteiger partial charge in [0.25, 0.3) is 0 Å². The van der Waals surface area contributed by atoms with E-state index in [1.165, 1.54) is 24.4 Å². The molecular weight excluding hydrogens is 236 g/mol. The van der Waals surface area contributed by atoms with Crippen LogP contribution >= 0.6 is 11.5 Å². The Balaban J connectivity index is 2.22. The predicted molar refractivity (Wildman–Crippen MR) is 68.9 cm³/mol. The third-order valence-corrected chi connectivity index (χ3v) is 4.51. The van der Waals surface area contributed by atoms with Gasteiger partial charge < -0.3 is 10.4 Å². The van der Waals surface area contributed by atoms with Gasteiger partial charge in [-0.1, -0.05) is 20.3 Å². The monoisotopic (exact) mass is 254 g/mol. The summed E-state index contributed by atoms with van der Waals surface area (Å²) in [6.07, 6.45) is 3.48. The summed E-state index contributed by atoms with van der Waals surface area (Å²) in [5, 5.41) is 13.2. The Morgan fingerprint density at radius 3 is 2.82 bits per heavy atom. The number of aromatic carboxylic acids is 1. The van der Waals surface area contributed by atoms with E-state index in [0.29, 0.717) is 22.3 Å². The van der Waals surface area contributed by atoms with Crippen LogP contribution in [0.2, 0.25) is 0 Å². The van der Waals surface area contributed by atoms with Crippen LogP contribution in [-0.2, 0) is 0 Å². The first-order valence-electron chi connectivity index (χ1n) is 5.88. The van der Waals surface area contributed by atoms with Gasteiger partial charge in [0.1, 0.15) is 10.6 Å². The molecule has 5 heteroatoms. The van der Waals surface area contributed by atoms with Crippen molar-refractivity contribution in [3.63, 3.8) is 0 Å². The highest BCUT2D eigenvalue weighted by Gasteiger charge is 2.35. The quantitative estimate of drug-likeness (QED) is 0.870. The molecule has 0 aromatic carbocycles. The molecule has 1 saturated carbocycles. The fourth-order valence-electron chi connectivity index (χ4n) is 2.47. The molecule has 1 aromatic rings. The first-order valence-corrected chi connectivity index (χ1v) is 6.65. The van der Waals surface area contributed by atoms with E-state index in [9.17, 15) is 4.79 Å². The highest BCUT2D eigenvalue weighted by Crippen LogP contribution is 2.40. The summed E-state index contributed by atoms with van der Waals surface area (Å²) in [6, 6.07) is 0.348. The van der Waals surface area contributed by atoms with E-state index in [2.05, 4.69) is 23.5 Å². The average Bonchev–Trinajstić information content (AvgIpc) is 2.72. The van der Waals surface area contributed by atoms with Crippen LogP contribution in [0.5, 0.6) is 0 Å². The lowest BCUT2D eigenvalue weighted by molar-refractivity contribution is 0.0697. The Labute approximate surface area is 105 Å². The van der Waals surface area contributed by atoms with Crippen LogP contribution in [0, 0.1) is 12.3 Å². The molecule has 1 heterocycles. The van der Waals surface area contributed by atoms with Crippen molar-refractivity contribution in [1.82, 2.24) is 4.37 Å². The maximum atomic E-state index is 11.2. The second-order valence-electron chi connectivity index (χ2n) is 5.35. The van der Waals surface area contributed by atoms with Crippen LogP contribution in [0.4, 0.5) is 5.00 Å². The molecule has 1 fully saturated rings. The molecule has 4 nitrogen and oxygen atoms in total. The summed E-state index contributed by atoms with van der Waals surface area (Å²) in [5.41, 5.74) is 1.16. The second kappa shape index (κ2) is 4.29. The molecule has 17 heavy (non-hydrogen) atoms. The third kappa shape index (κ3) is 2.29. The highest BCUT2D eigenvalue weighted by atomic mass is 32.1. The molecule has 1 atom stereocenters. The molecule has 1 unspecified atom stereocenters. The summed E-state index contributed by atoms with van der Waals surface area (Å²) in [6.45, 7) is 6.20. The fourth-order valence-corrected chi connectivity index (χ4v) is 3.31. The number of aromatic nitrogens is 1. The first-order chi connectivity index (χ1) is 7.92. The minimum Gasteiger partial charge on any atom is -0.478 e. The van der Waals surface area contributed by atoms with E-state index < -0.39 is 5.97 Å². The molecule has 0 aliphatic heterocycles. The van der Waals surface area contributed by atoms with E-state index in [0.717, 1.165) is 6.42 Å². The van der Waals surface area contributed by atoms with Gasteiger partial charge in [-0.25, -0.2) is 4.79 Å². The molecular formula is C12H18N2O2S. The van der Waals surface area contributed by atoms with Gasteiger partial charge >= 0.3 is 5.97 Å². The second-order valence-corrected chi connectivity index (χ2v) is 6.13. The molecule has 0 radical (unpaired) electrons. The van der Waals surface area contributed by atoms with Crippen molar-refractivity contribution in [2.24, 2.45) is 5.41 Å². The Kier molecular flexibility index (Phi) is 3.12. The van der Waals surface area contributed by atoms with Crippen LogP contribution < -0.4 is 5.32 Å². The SMILES string of the molecule is Cc1nsc(NC2CCCC2(C)C)c1C(=O)O. The van der Waals surface area contributed by atoms with Crippen LogP contribution in [0.25, 0.3) is 0 Å². The number of hydrogen-bond acceptors (Lipinski definition) is 4. The molecule has 0 saturated heterocycles. The maximum Gasteiger partial charge on any atom is 0.340 e. The smallest absolute Gasteiger partial charge is 0.340 e. The molecule has 1 aromatic heterocycles. The van der Waals surface area contributed by atoms with Crippen LogP contribution in [0.15, 0.2) is 0 Å². The largest absolute Gasteiger partial charge is 0.478 e. The zero-order valence-electron chi connectivity index (χ0n) is 10.4. The summed E-state index contributed by atoms with van der Waals surface area (Å²) < 4.78 is 4.13. The van der Waals surface area contributed by atoms with Gasteiger partial charge in [0.05, 0.1) is 5.69 Å². The van der Waals surface area contributed by atoms with E-state index in [1.54, 1.807) is 6.92 Å². The molecule has 1 aliphatic carbocycles. The van der Waals surface area contributed by atoms with E-state index in [4.69, 9.17) is 5.11 Å². The number of rotatable bonds is 3. The van der Waals surface area contributed by atoms with Gasteiger partial charge in [0.15, 0.2) is 0 Å². The molecule has 1 aliphatic rings. The normalized spacial score (nSPS) is 22.6. The van der Waals surface area contributed by atoms with Gasteiger partial charge in [0.2, 0.25) is 0 Å². The molecule has 0 bridgehead atoms. The van der Waals surface area contributed by atoms with Crippen molar-refractivity contribution in [1.29, 1.82) is 0 Å². The average molecular weight is 254 g/mol. The number of hydrogen-bond donors (Lipinski definition) is 2. The third-order valence-electron chi connectivity index (χ3n) is 3.64. The Morgan fingerprint density at radius 2 is 2.29 bits per heavy atom. The van der Waals surface area contributed by atoms with Crippen molar-refractivity contribution >= 4 is 22.5 Å². The minimum absolute atomic E-state index is 0.230. The molecule has 2 rings (SSSR count). The van der Waals surface area contributed by atoms with Crippen molar-refractivity contribution < 1.29 is 9.90 Å². The zero-order chi connectivity index (χ0) is 12.6. The lowest BCUT2D eigenvalue weighted by Gasteiger charge is -2.28. The first kappa shape index (κ1) is 12.4. The predicted octanol–water partition coefficient (Wildman–Crippen LogP) is 3.14. The highest BCUT2D eigenvalue weighted by molar-refractivity contribution is 7.10. The number of carboxylic acid groups (broad SMARTS) is 1. The van der Waals surface area contributed by atoms with E-state index >= 15 is 0 Å². The van der Waals surface area contributed by atoms with Crippen molar-refractivity contribution in [3.8, 4) is 0 Å². The van der Waals surface area contributed by atoms with E-state index in [1.807, 2.05) is 0 Å². The maximum absolute atomic E-state index is 11.2. The number of nitrogens with zero attached hydrogens (tertiary/aromatic N) is 1. The van der Waals surface area contributed by atoms with Gasteiger partial charge in [-0.2, -0.15) is 4.37 Å². The molecule has 0 spiro atoms. The lowest BCUT2D eigenvalue weighted by Crippen LogP contribution is -2.31. The van der Waals surface area contributed by atoms with Gasteiger partial charge in [-0.05, 0) is 36.7 Å². The van der Waals surface area contributed by atoms with Gasteiger partial charge in [0, 0.05) is 6.04 Å². The van der Waals surface area contributed by atoms with Crippen LogP contribution in [-0.4, -0.2) is 21.5 Å². The Bertz CT molecular complexity index is 440. The fraction of sp³-hybridized carbons (Fsp3) is 0.667. The summed E-state index contributed by atoms with van der Waals surface area (Å²) >= 11 is 1.25. The molecule has 0 amide bonds. The Hall–Kier alpha value is -1.10. The standard InChI is InChI=1S/C12H18N2O2S/c1-7-9(11(15)16)10(17-14-7)13-8-5-4-6-12(8,2)3/h8,13H,4-6H2,1-3H3,(H,15,16). The van der Waals surface area contributed by atoms with E-state index in [-0.39, 0.29) is 5.41 Å². The van der Waals surface area contributed by atoms with Crippen molar-refractivity contribution in [3.05, 3.63) is 11.3 Å². The summed E-state index contributed by atoms with van der Waals surface area (Å²) in [4.78, 5) is 11.2. The Morgan fingerprint density at radius 1 is 1.59 bits per heavy atom.